The Morgan fingerprint density at radius 1 is 1.00 bits per heavy atom. The molecule has 2 saturated heterocycles. The maximum absolute atomic E-state index is 14.2. The van der Waals surface area contributed by atoms with E-state index < -0.39 is 29.3 Å². The second kappa shape index (κ2) is 8.62. The van der Waals surface area contributed by atoms with Crippen molar-refractivity contribution in [3.8, 4) is 0 Å². The van der Waals surface area contributed by atoms with Gasteiger partial charge in [0.05, 0.1) is 17.5 Å². The Morgan fingerprint density at radius 2 is 1.77 bits per heavy atom. The molecule has 0 bridgehead atoms. The van der Waals surface area contributed by atoms with Gasteiger partial charge in [0.15, 0.2) is 0 Å². The molecule has 3 aromatic carbocycles. The van der Waals surface area contributed by atoms with Crippen LogP contribution in [0.25, 0.3) is 10.9 Å². The summed E-state index contributed by atoms with van der Waals surface area (Å²) in [6.07, 6.45) is 2.38. The highest BCUT2D eigenvalue weighted by Crippen LogP contribution is 2.54. The molecule has 200 valence electrons. The Morgan fingerprint density at radius 3 is 2.55 bits per heavy atom. The number of nitrogens with zero attached hydrogens (tertiary/aromatic N) is 1. The van der Waals surface area contributed by atoms with Crippen LogP contribution in [0, 0.1) is 18.8 Å². The molecule has 0 saturated carbocycles. The molecule has 9 heteroatoms. The topological polar surface area (TPSA) is 123 Å². The first-order chi connectivity index (χ1) is 19.3. The number of fused-ring (bicyclic) bond motifs is 5. The predicted molar refractivity (Wildman–Crippen MR) is 151 cm³/mol. The Labute approximate surface area is 229 Å². The molecule has 3 aliphatic heterocycles. The lowest BCUT2D eigenvalue weighted by Crippen LogP contribution is -2.53. The van der Waals surface area contributed by atoms with Gasteiger partial charge in [0.1, 0.15) is 5.54 Å². The summed E-state index contributed by atoms with van der Waals surface area (Å²) in [7, 11) is 0. The second-order valence-corrected chi connectivity index (χ2v) is 10.9. The van der Waals surface area contributed by atoms with Crippen LogP contribution < -0.4 is 20.9 Å². The molecule has 4 amide bonds. The Balaban J connectivity index is 1.34. The lowest BCUT2D eigenvalue weighted by Gasteiger charge is -2.29. The molecule has 2 fully saturated rings. The van der Waals surface area contributed by atoms with Crippen LogP contribution in [0.15, 0.2) is 72.9 Å². The summed E-state index contributed by atoms with van der Waals surface area (Å²) in [6, 6.07) is 19.7. The minimum atomic E-state index is -1.37. The smallest absolute Gasteiger partial charge is 0.250 e. The minimum absolute atomic E-state index is 0.218. The van der Waals surface area contributed by atoms with Crippen molar-refractivity contribution >= 4 is 51.6 Å². The Bertz CT molecular complexity index is 1740. The van der Waals surface area contributed by atoms with Crippen LogP contribution in [0.1, 0.15) is 23.6 Å². The number of H-pyrrole nitrogens is 1. The van der Waals surface area contributed by atoms with Gasteiger partial charge in [0, 0.05) is 47.0 Å². The van der Waals surface area contributed by atoms with E-state index in [2.05, 4.69) is 20.9 Å². The summed E-state index contributed by atoms with van der Waals surface area (Å²) in [4.78, 5) is 58.1. The molecule has 1 spiro atoms. The molecule has 4 atom stereocenters. The van der Waals surface area contributed by atoms with Gasteiger partial charge in [-0.3, -0.25) is 24.5 Å². The quantitative estimate of drug-likeness (QED) is 0.299. The molecule has 0 radical (unpaired) electrons. The SMILES string of the molecule is CC(=O)Nc1ccc(N2C(=O)[C@H]3[C@@H](C2=O)[C@@]2(N[C@@H]3Cc3c[nH]c4ccccc34)C(=O)Nc3ccc(C)cc32)cc1. The van der Waals surface area contributed by atoms with Gasteiger partial charge in [-0.05, 0) is 55.3 Å². The first-order valence-corrected chi connectivity index (χ1v) is 13.3. The predicted octanol–water partition coefficient (Wildman–Crippen LogP) is 3.60. The molecule has 9 nitrogen and oxygen atoms in total. The number of aromatic nitrogens is 1. The third kappa shape index (κ3) is 3.37. The van der Waals surface area contributed by atoms with Gasteiger partial charge < -0.3 is 15.6 Å². The molecule has 3 aliphatic rings. The normalized spacial score (nSPS) is 25.0. The highest BCUT2D eigenvalue weighted by Gasteiger charge is 2.70. The largest absolute Gasteiger partial charge is 0.361 e. The number of aryl methyl sites for hydroxylation is 1. The minimum Gasteiger partial charge on any atom is -0.361 e. The summed E-state index contributed by atoms with van der Waals surface area (Å²) in [5.41, 5.74) is 3.87. The van der Waals surface area contributed by atoms with Crippen molar-refractivity contribution in [2.45, 2.75) is 31.8 Å². The fourth-order valence-electron chi connectivity index (χ4n) is 6.78. The van der Waals surface area contributed by atoms with Gasteiger partial charge in [-0.15, -0.1) is 0 Å². The summed E-state index contributed by atoms with van der Waals surface area (Å²) >= 11 is 0. The van der Waals surface area contributed by atoms with Gasteiger partial charge in [0.2, 0.25) is 23.6 Å². The summed E-state index contributed by atoms with van der Waals surface area (Å²) < 4.78 is 0. The maximum atomic E-state index is 14.2. The number of benzene rings is 3. The summed E-state index contributed by atoms with van der Waals surface area (Å²) in [6.45, 7) is 3.35. The fourth-order valence-corrected chi connectivity index (χ4v) is 6.78. The van der Waals surface area contributed by atoms with Crippen LogP contribution >= 0.6 is 0 Å². The molecule has 4 aromatic rings. The summed E-state index contributed by atoms with van der Waals surface area (Å²) in [5, 5.41) is 10.2. The fraction of sp³-hybridized carbons (Fsp3) is 0.226. The average Bonchev–Trinajstić information content (AvgIpc) is 3.64. The van der Waals surface area contributed by atoms with Crippen LogP contribution in [0.4, 0.5) is 17.1 Å². The van der Waals surface area contributed by atoms with Crippen LogP contribution in [-0.2, 0) is 31.1 Å². The number of carbonyl (C=O) groups is 4. The van der Waals surface area contributed by atoms with Crippen molar-refractivity contribution in [2.24, 2.45) is 11.8 Å². The first kappa shape index (κ1) is 24.3. The lowest BCUT2D eigenvalue weighted by molar-refractivity contribution is -0.130. The Kier molecular flexibility index (Phi) is 5.24. The van der Waals surface area contributed by atoms with E-state index in [0.29, 0.717) is 29.0 Å². The van der Waals surface area contributed by atoms with E-state index in [9.17, 15) is 19.2 Å². The van der Waals surface area contributed by atoms with Gasteiger partial charge in [-0.25, -0.2) is 4.90 Å². The number of amides is 4. The van der Waals surface area contributed by atoms with Crippen LogP contribution in [0.2, 0.25) is 0 Å². The van der Waals surface area contributed by atoms with Crippen molar-refractivity contribution in [3.63, 3.8) is 0 Å². The van der Waals surface area contributed by atoms with E-state index in [0.717, 1.165) is 22.0 Å². The number of para-hydroxylation sites is 1. The number of hydrogen-bond donors (Lipinski definition) is 4. The number of carbonyl (C=O) groups excluding carboxylic acids is 4. The van der Waals surface area contributed by atoms with E-state index in [1.54, 1.807) is 24.3 Å². The molecule has 7 rings (SSSR count). The van der Waals surface area contributed by atoms with Crippen molar-refractivity contribution in [3.05, 3.63) is 89.6 Å². The number of rotatable bonds is 4. The van der Waals surface area contributed by atoms with Crippen molar-refractivity contribution in [1.82, 2.24) is 10.3 Å². The lowest BCUT2D eigenvalue weighted by atomic mass is 9.76. The van der Waals surface area contributed by atoms with Gasteiger partial charge in [-0.1, -0.05) is 35.9 Å². The molecule has 0 unspecified atom stereocenters. The molecular weight excluding hydrogens is 506 g/mol. The first-order valence-electron chi connectivity index (χ1n) is 13.3. The molecule has 4 heterocycles. The van der Waals surface area contributed by atoms with Crippen LogP contribution in [-0.4, -0.2) is 34.7 Å². The van der Waals surface area contributed by atoms with E-state index in [1.165, 1.54) is 11.8 Å². The van der Waals surface area contributed by atoms with E-state index in [4.69, 9.17) is 0 Å². The summed E-state index contributed by atoms with van der Waals surface area (Å²) in [5.74, 6) is -2.98. The van der Waals surface area contributed by atoms with Crippen LogP contribution in [0.3, 0.4) is 0 Å². The molecular formula is C31H27N5O4. The third-order valence-corrected chi connectivity index (χ3v) is 8.43. The highest BCUT2D eigenvalue weighted by molar-refractivity contribution is 6.26. The van der Waals surface area contributed by atoms with E-state index in [1.807, 2.05) is 55.6 Å². The molecule has 4 N–H and O–H groups in total. The third-order valence-electron chi connectivity index (χ3n) is 8.43. The van der Waals surface area contributed by atoms with Gasteiger partial charge >= 0.3 is 0 Å². The zero-order chi connectivity index (χ0) is 27.8. The van der Waals surface area contributed by atoms with Crippen molar-refractivity contribution < 1.29 is 19.2 Å². The maximum Gasteiger partial charge on any atom is 0.250 e. The van der Waals surface area contributed by atoms with Crippen LogP contribution in [0.5, 0.6) is 0 Å². The zero-order valence-corrected chi connectivity index (χ0v) is 21.9. The van der Waals surface area contributed by atoms with Gasteiger partial charge in [0.25, 0.3) is 0 Å². The number of anilines is 3. The van der Waals surface area contributed by atoms with E-state index in [-0.39, 0.29) is 17.7 Å². The molecule has 40 heavy (non-hydrogen) atoms. The number of aromatic amines is 1. The monoisotopic (exact) mass is 533 g/mol. The van der Waals surface area contributed by atoms with Crippen molar-refractivity contribution in [1.29, 1.82) is 0 Å². The Hall–Kier alpha value is -4.76. The number of nitrogens with one attached hydrogen (secondary N) is 4. The molecule has 0 aliphatic carbocycles. The highest BCUT2D eigenvalue weighted by atomic mass is 16.2. The number of hydrogen-bond acceptors (Lipinski definition) is 5. The second-order valence-electron chi connectivity index (χ2n) is 10.9. The average molecular weight is 534 g/mol. The number of imide groups is 1. The zero-order valence-electron chi connectivity index (χ0n) is 21.9. The molecule has 1 aromatic heterocycles. The van der Waals surface area contributed by atoms with Crippen molar-refractivity contribution in [2.75, 3.05) is 15.5 Å². The van der Waals surface area contributed by atoms with E-state index >= 15 is 0 Å². The standard InChI is InChI=1S/C31H27N5O4/c1-16-7-12-24-22(13-16)31(30(40)34-24)27-26(25(35-31)14-18-15-32-23-6-4-3-5-21(18)23)28(38)36(29(27)39)20-10-8-19(9-11-20)33-17(2)37/h3-13,15,25-27,32,35H,14H2,1-2H3,(H,33,37)(H,34,40)/t25-,26-,27+,31-/m1/s1. The van der Waals surface area contributed by atoms with Gasteiger partial charge in [-0.2, -0.15) is 0 Å².